The third kappa shape index (κ3) is 4.66. The van der Waals surface area contributed by atoms with E-state index >= 15 is 0 Å². The molecule has 4 aromatic heterocycles. The lowest BCUT2D eigenvalue weighted by Gasteiger charge is -2.13. The summed E-state index contributed by atoms with van der Waals surface area (Å²) in [5.74, 6) is 1.78. The molecule has 0 fully saturated rings. The van der Waals surface area contributed by atoms with Gasteiger partial charge in [-0.2, -0.15) is 23.4 Å². The third-order valence-electron chi connectivity index (χ3n) is 6.00. The number of rotatable bonds is 7. The normalized spacial score (nSPS) is 12.0. The minimum atomic E-state index is -4.50. The van der Waals surface area contributed by atoms with Crippen LogP contribution in [0.25, 0.3) is 33.9 Å². The van der Waals surface area contributed by atoms with Crippen LogP contribution in [0.2, 0.25) is 0 Å². The van der Waals surface area contributed by atoms with Crippen LogP contribution in [0.4, 0.5) is 19.0 Å². The summed E-state index contributed by atoms with van der Waals surface area (Å²) in [6, 6.07) is 7.21. The van der Waals surface area contributed by atoms with Crippen molar-refractivity contribution in [2.24, 2.45) is 14.1 Å². The Morgan fingerprint density at radius 1 is 1.03 bits per heavy atom. The molecule has 0 atom stereocenters. The highest BCUT2D eigenvalue weighted by atomic mass is 19.4. The van der Waals surface area contributed by atoms with Crippen LogP contribution in [0, 0.1) is 0 Å². The molecule has 4 heterocycles. The third-order valence-corrected chi connectivity index (χ3v) is 6.00. The topological polar surface area (TPSA) is 100 Å². The number of nitrogens with zero attached hydrogens (tertiary/aromatic N) is 8. The molecule has 0 radical (unpaired) electrons. The van der Waals surface area contributed by atoms with Gasteiger partial charge in [0.25, 0.3) is 0 Å². The first kappa shape index (κ1) is 25.2. The van der Waals surface area contributed by atoms with Gasteiger partial charge in [0.1, 0.15) is 17.0 Å². The van der Waals surface area contributed by atoms with E-state index < -0.39 is 11.9 Å². The molecule has 0 amide bonds. The average Bonchev–Trinajstić information content (AvgIpc) is 3.58. The number of hydrogen-bond acceptors (Lipinski definition) is 7. The molecule has 0 bridgehead atoms. The summed E-state index contributed by atoms with van der Waals surface area (Å²) >= 11 is 0. The number of alkyl halides is 3. The molecule has 13 heteroatoms. The van der Waals surface area contributed by atoms with Gasteiger partial charge in [-0.25, -0.2) is 15.0 Å². The molecule has 0 saturated carbocycles. The molecular weight excluding hydrogens is 499 g/mol. The number of aromatic nitrogens is 8. The number of hydrogen-bond donors (Lipinski definition) is 1. The van der Waals surface area contributed by atoms with Crippen molar-refractivity contribution >= 4 is 16.9 Å². The maximum atomic E-state index is 13.0. The van der Waals surface area contributed by atoms with E-state index in [4.69, 9.17) is 14.7 Å². The second-order valence-electron chi connectivity index (χ2n) is 9.14. The van der Waals surface area contributed by atoms with Gasteiger partial charge in [0.2, 0.25) is 0 Å². The first-order chi connectivity index (χ1) is 18.0. The van der Waals surface area contributed by atoms with Crippen LogP contribution in [0.15, 0.2) is 42.9 Å². The largest absolute Gasteiger partial charge is 0.493 e. The number of anilines is 1. The van der Waals surface area contributed by atoms with Crippen molar-refractivity contribution in [3.05, 3.63) is 54.1 Å². The number of nitrogens with one attached hydrogen (secondary N) is 1. The standard InChI is InChI=1S/C25H26F3N9O/c1-14(2)37-21(18(38-5)11-30-37)23-31-17-12-36(4)34-20(17)22(33-23)29-10-15-6-8-16(9-7-15)24-32-19(13-35(24)3)25(26,27)28/h6-9,11-14H,10H2,1-5H3,(H,29,31,33). The summed E-state index contributed by atoms with van der Waals surface area (Å²) in [5, 5.41) is 12.3. The fourth-order valence-corrected chi connectivity index (χ4v) is 4.18. The van der Waals surface area contributed by atoms with E-state index in [0.29, 0.717) is 46.2 Å². The molecule has 1 N–H and O–H groups in total. The zero-order valence-electron chi connectivity index (χ0n) is 21.4. The zero-order chi connectivity index (χ0) is 27.2. The van der Waals surface area contributed by atoms with E-state index in [0.717, 1.165) is 11.8 Å². The second kappa shape index (κ2) is 9.47. The molecule has 0 unspecified atom stereocenters. The first-order valence-electron chi connectivity index (χ1n) is 11.8. The Labute approximate surface area is 216 Å². The van der Waals surface area contributed by atoms with Crippen molar-refractivity contribution in [1.82, 2.24) is 39.1 Å². The Balaban J connectivity index is 1.44. The van der Waals surface area contributed by atoms with E-state index in [-0.39, 0.29) is 11.9 Å². The number of methoxy groups -OCH3 is 1. The van der Waals surface area contributed by atoms with E-state index in [1.165, 1.54) is 11.6 Å². The van der Waals surface area contributed by atoms with Gasteiger partial charge in [-0.1, -0.05) is 24.3 Å². The van der Waals surface area contributed by atoms with Crippen LogP contribution in [-0.4, -0.2) is 46.2 Å². The van der Waals surface area contributed by atoms with Crippen LogP contribution < -0.4 is 10.1 Å². The Hall–Kier alpha value is -4.42. The van der Waals surface area contributed by atoms with Gasteiger partial charge in [0.15, 0.2) is 28.6 Å². The summed E-state index contributed by atoms with van der Waals surface area (Å²) in [7, 11) is 4.92. The van der Waals surface area contributed by atoms with Crippen LogP contribution in [0.5, 0.6) is 5.75 Å². The van der Waals surface area contributed by atoms with E-state index in [1.807, 2.05) is 39.2 Å². The molecule has 10 nitrogen and oxygen atoms in total. The zero-order valence-corrected chi connectivity index (χ0v) is 21.4. The number of aryl methyl sites for hydroxylation is 2. The quantitative estimate of drug-likeness (QED) is 0.324. The van der Waals surface area contributed by atoms with Crippen LogP contribution >= 0.6 is 0 Å². The number of ether oxygens (including phenoxy) is 1. The van der Waals surface area contributed by atoms with Gasteiger partial charge in [-0.05, 0) is 19.4 Å². The maximum Gasteiger partial charge on any atom is 0.434 e. The molecule has 1 aromatic carbocycles. The lowest BCUT2D eigenvalue weighted by atomic mass is 10.1. The number of imidazole rings is 1. The maximum absolute atomic E-state index is 13.0. The fourth-order valence-electron chi connectivity index (χ4n) is 4.18. The monoisotopic (exact) mass is 525 g/mol. The van der Waals surface area contributed by atoms with Gasteiger partial charge in [0, 0.05) is 38.4 Å². The fraction of sp³-hybridized carbons (Fsp3) is 0.320. The molecule has 38 heavy (non-hydrogen) atoms. The van der Waals surface area contributed by atoms with Crippen molar-refractivity contribution in [3.63, 3.8) is 0 Å². The van der Waals surface area contributed by atoms with Crippen LogP contribution in [-0.2, 0) is 26.8 Å². The molecule has 0 spiro atoms. The lowest BCUT2D eigenvalue weighted by Crippen LogP contribution is -2.09. The Bertz CT molecular complexity index is 1600. The molecular formula is C25H26F3N9O. The van der Waals surface area contributed by atoms with E-state index in [2.05, 4.69) is 20.5 Å². The van der Waals surface area contributed by atoms with Crippen molar-refractivity contribution in [2.75, 3.05) is 12.4 Å². The van der Waals surface area contributed by atoms with Gasteiger partial charge in [-0.3, -0.25) is 9.36 Å². The van der Waals surface area contributed by atoms with Crippen molar-refractivity contribution in [2.45, 2.75) is 32.6 Å². The summed E-state index contributed by atoms with van der Waals surface area (Å²) in [4.78, 5) is 13.2. The minimum Gasteiger partial charge on any atom is -0.493 e. The van der Waals surface area contributed by atoms with Gasteiger partial charge in [-0.15, -0.1) is 0 Å². The average molecular weight is 526 g/mol. The number of fused-ring (bicyclic) bond motifs is 1. The molecule has 198 valence electrons. The summed E-state index contributed by atoms with van der Waals surface area (Å²) in [6.45, 7) is 4.42. The smallest absolute Gasteiger partial charge is 0.434 e. The first-order valence-corrected chi connectivity index (χ1v) is 11.8. The van der Waals surface area contributed by atoms with Gasteiger partial charge < -0.3 is 14.6 Å². The molecule has 5 aromatic rings. The summed E-state index contributed by atoms with van der Waals surface area (Å²) < 4.78 is 49.5. The van der Waals surface area contributed by atoms with Gasteiger partial charge in [0.05, 0.1) is 19.5 Å². The van der Waals surface area contributed by atoms with Gasteiger partial charge >= 0.3 is 6.18 Å². The Morgan fingerprint density at radius 3 is 2.39 bits per heavy atom. The van der Waals surface area contributed by atoms with E-state index in [9.17, 15) is 13.2 Å². The van der Waals surface area contributed by atoms with Crippen molar-refractivity contribution in [1.29, 1.82) is 0 Å². The Morgan fingerprint density at radius 2 is 1.76 bits per heavy atom. The molecule has 0 saturated heterocycles. The minimum absolute atomic E-state index is 0.0583. The highest BCUT2D eigenvalue weighted by molar-refractivity contribution is 5.87. The van der Waals surface area contributed by atoms with Crippen molar-refractivity contribution < 1.29 is 17.9 Å². The SMILES string of the molecule is COc1cnn(C(C)C)c1-c1nc(NCc2ccc(-c3nc(C(F)(F)F)cn3C)cc2)c2nn(C)cc2n1. The summed E-state index contributed by atoms with van der Waals surface area (Å²) in [6.07, 6.45) is -0.0645. The molecule has 5 rings (SSSR count). The van der Waals surface area contributed by atoms with Crippen LogP contribution in [0.1, 0.15) is 31.1 Å². The number of benzene rings is 1. The molecule has 0 aliphatic rings. The second-order valence-corrected chi connectivity index (χ2v) is 9.14. The lowest BCUT2D eigenvalue weighted by molar-refractivity contribution is -0.140. The predicted octanol–water partition coefficient (Wildman–Crippen LogP) is 4.85. The molecule has 0 aliphatic heterocycles. The molecule has 0 aliphatic carbocycles. The summed E-state index contributed by atoms with van der Waals surface area (Å²) in [5.41, 5.74) is 2.48. The predicted molar refractivity (Wildman–Crippen MR) is 135 cm³/mol. The highest BCUT2D eigenvalue weighted by Gasteiger charge is 2.34. The van der Waals surface area contributed by atoms with Crippen molar-refractivity contribution in [3.8, 4) is 28.7 Å². The number of halogens is 3. The van der Waals surface area contributed by atoms with E-state index in [1.54, 1.807) is 34.8 Å². The van der Waals surface area contributed by atoms with Crippen LogP contribution in [0.3, 0.4) is 0 Å². The highest BCUT2D eigenvalue weighted by Crippen LogP contribution is 2.33. The Kier molecular flexibility index (Phi) is 6.29.